The van der Waals surface area contributed by atoms with Crippen molar-refractivity contribution in [3.63, 3.8) is 0 Å². The van der Waals surface area contributed by atoms with Crippen LogP contribution >= 0.6 is 0 Å². The Hall–Kier alpha value is -0.0400. The van der Waals surface area contributed by atoms with Gasteiger partial charge in [0.15, 0.2) is 0 Å². The zero-order valence-electron chi connectivity index (χ0n) is 6.27. The molecule has 0 amide bonds. The van der Waals surface area contributed by atoms with Gasteiger partial charge in [-0.25, -0.2) is 0 Å². The summed E-state index contributed by atoms with van der Waals surface area (Å²) in [7, 11) is 0. The van der Waals surface area contributed by atoms with E-state index in [1.54, 1.807) is 0 Å². The average Bonchev–Trinajstić information content (AvgIpc) is 1.84. The molecule has 0 rings (SSSR count). The summed E-state index contributed by atoms with van der Waals surface area (Å²) in [4.78, 5) is 0. The van der Waals surface area contributed by atoms with Gasteiger partial charge in [0.05, 0.1) is 6.10 Å². The molecule has 0 heterocycles. The lowest BCUT2D eigenvalue weighted by molar-refractivity contribution is 0.133. The van der Waals surface area contributed by atoms with Crippen molar-refractivity contribution in [3.8, 4) is 0 Å². The number of rotatable bonds is 3. The van der Waals surface area contributed by atoms with Gasteiger partial charge in [-0.3, -0.25) is 0 Å². The predicted octanol–water partition coefficient (Wildman–Crippen LogP) is 1.41. The van der Waals surface area contributed by atoms with E-state index in [0.29, 0.717) is 5.92 Å². The summed E-state index contributed by atoms with van der Waals surface area (Å²) in [6, 6.07) is 0. The molecule has 0 fully saturated rings. The first-order chi connectivity index (χ1) is 3.72. The molecule has 1 N–H and O–H groups in total. The van der Waals surface area contributed by atoms with E-state index in [0.717, 1.165) is 6.42 Å². The molecule has 0 aliphatic rings. The molecule has 0 spiro atoms. The first-order valence-corrected chi connectivity index (χ1v) is 2.84. The second-order valence-corrected chi connectivity index (χ2v) is 2.09. The van der Waals surface area contributed by atoms with E-state index in [-0.39, 0.29) is 6.10 Å². The summed E-state index contributed by atoms with van der Waals surface area (Å²) in [6.45, 7) is 6.10. The highest BCUT2D eigenvalue weighted by Crippen LogP contribution is 2.04. The summed E-state index contributed by atoms with van der Waals surface area (Å²) >= 11 is 0. The maximum Gasteiger partial charge on any atom is 0.210 e. The molecule has 1 heteroatoms. The number of hydrogen-bond acceptors (Lipinski definition) is 1. The monoisotopic (exact) mass is 103 g/mol. The SMILES string of the molecule is [2H]OC(C)C(C)CC. The van der Waals surface area contributed by atoms with Crippen molar-refractivity contribution >= 4 is 0 Å². The number of aliphatic hydroxyl groups excluding tert-OH is 1. The second-order valence-electron chi connectivity index (χ2n) is 2.09. The molecule has 0 aromatic heterocycles. The van der Waals surface area contributed by atoms with Gasteiger partial charge in [-0.05, 0) is 12.8 Å². The van der Waals surface area contributed by atoms with E-state index in [1.165, 1.54) is 0 Å². The van der Waals surface area contributed by atoms with Crippen molar-refractivity contribution < 1.29 is 5.11 Å². The Bertz CT molecular complexity index is 48.5. The molecule has 2 atom stereocenters. The fraction of sp³-hybridized carbons (Fsp3) is 1.00. The molecule has 0 aliphatic heterocycles. The zero-order chi connectivity index (χ0) is 6.57. The Morgan fingerprint density at radius 2 is 2.29 bits per heavy atom. The van der Waals surface area contributed by atoms with Gasteiger partial charge >= 0.3 is 0 Å². The van der Waals surface area contributed by atoms with Crippen molar-refractivity contribution in [2.45, 2.75) is 33.3 Å². The van der Waals surface area contributed by atoms with E-state index in [2.05, 4.69) is 19.0 Å². The molecule has 0 saturated carbocycles. The van der Waals surface area contributed by atoms with Gasteiger partial charge < -0.3 is 5.11 Å². The van der Waals surface area contributed by atoms with Crippen LogP contribution in [0.3, 0.4) is 0 Å². The topological polar surface area (TPSA) is 20.2 Å². The quantitative estimate of drug-likeness (QED) is 0.572. The minimum Gasteiger partial charge on any atom is -0.393 e. The van der Waals surface area contributed by atoms with Crippen LogP contribution in [-0.2, 0) is 0 Å². The van der Waals surface area contributed by atoms with Gasteiger partial charge in [0, 0.05) is 0 Å². The fourth-order valence-electron chi connectivity index (χ4n) is 0.332. The minimum absolute atomic E-state index is 0.0833. The third kappa shape index (κ3) is 2.63. The fourth-order valence-corrected chi connectivity index (χ4v) is 0.332. The first-order valence-electron chi connectivity index (χ1n) is 3.25. The molecule has 0 aliphatic carbocycles. The van der Waals surface area contributed by atoms with Crippen LogP contribution in [0.4, 0.5) is 0 Å². The van der Waals surface area contributed by atoms with Crippen molar-refractivity contribution in [3.05, 3.63) is 0 Å². The maximum absolute atomic E-state index is 6.54. The predicted molar refractivity (Wildman–Crippen MR) is 31.1 cm³/mol. The first kappa shape index (κ1) is 5.10. The highest BCUT2D eigenvalue weighted by Gasteiger charge is 2.03. The van der Waals surface area contributed by atoms with Crippen LogP contribution in [-0.4, -0.2) is 12.6 Å². The lowest BCUT2D eigenvalue weighted by atomic mass is 10.0. The molecule has 0 aromatic carbocycles. The summed E-state index contributed by atoms with van der Waals surface area (Å²) in [5.41, 5.74) is 0. The summed E-state index contributed by atoms with van der Waals surface area (Å²) in [5, 5.41) is 4.35. The van der Waals surface area contributed by atoms with Gasteiger partial charge in [0.1, 0.15) is 0 Å². The van der Waals surface area contributed by atoms with Crippen LogP contribution in [0.1, 0.15) is 27.2 Å². The largest absolute Gasteiger partial charge is 0.393 e. The molecule has 0 radical (unpaired) electrons. The molecule has 0 aromatic rings. The molecule has 1 nitrogen and oxygen atoms in total. The van der Waals surface area contributed by atoms with E-state index >= 15 is 0 Å². The van der Waals surface area contributed by atoms with Gasteiger partial charge in [-0.2, -0.15) is 0 Å². The Labute approximate surface area is 46.8 Å². The van der Waals surface area contributed by atoms with E-state index < -0.39 is 0 Å². The van der Waals surface area contributed by atoms with Crippen LogP contribution in [0, 0.1) is 5.92 Å². The van der Waals surface area contributed by atoms with Crippen molar-refractivity contribution in [2.75, 3.05) is 0 Å². The average molecular weight is 103 g/mol. The van der Waals surface area contributed by atoms with E-state index in [1.807, 2.05) is 6.92 Å². The van der Waals surface area contributed by atoms with Gasteiger partial charge in [0.25, 0.3) is 0 Å². The van der Waals surface area contributed by atoms with Gasteiger partial charge in [-0.1, -0.05) is 20.3 Å². The molecular formula is C6H14O. The molecule has 0 saturated heterocycles. The van der Waals surface area contributed by atoms with Crippen molar-refractivity contribution in [1.29, 1.82) is 1.43 Å². The number of hydrogen-bond donors (Lipinski definition) is 1. The van der Waals surface area contributed by atoms with Crippen molar-refractivity contribution in [2.24, 2.45) is 5.92 Å². The highest BCUT2D eigenvalue weighted by molar-refractivity contribution is 4.54. The smallest absolute Gasteiger partial charge is 0.210 e. The molecule has 0 bridgehead atoms. The summed E-state index contributed by atoms with van der Waals surface area (Å²) < 4.78 is 6.54. The third-order valence-electron chi connectivity index (χ3n) is 1.45. The van der Waals surface area contributed by atoms with Gasteiger partial charge in [-0.15, -0.1) is 0 Å². The van der Waals surface area contributed by atoms with Crippen LogP contribution in [0.25, 0.3) is 0 Å². The lowest BCUT2D eigenvalue weighted by Crippen LogP contribution is -2.10. The van der Waals surface area contributed by atoms with E-state index in [4.69, 9.17) is 1.43 Å². The minimum atomic E-state index is 0.0833. The van der Waals surface area contributed by atoms with Gasteiger partial charge in [0.2, 0.25) is 1.43 Å². The van der Waals surface area contributed by atoms with Crippen LogP contribution < -0.4 is 0 Å². The molecular weight excluding hydrogens is 88.1 g/mol. The van der Waals surface area contributed by atoms with E-state index in [9.17, 15) is 0 Å². The molecule has 7 heavy (non-hydrogen) atoms. The van der Waals surface area contributed by atoms with Crippen molar-refractivity contribution in [1.82, 2.24) is 0 Å². The lowest BCUT2D eigenvalue weighted by Gasteiger charge is -2.09. The normalized spacial score (nSPS) is 20.7. The maximum atomic E-state index is 6.54. The zero-order valence-corrected chi connectivity index (χ0v) is 5.27. The Balaban J connectivity index is 3.29. The summed E-state index contributed by atoms with van der Waals surface area (Å²) in [6.07, 6.45) is 1.17. The Kier molecular flexibility index (Phi) is 2.21. The summed E-state index contributed by atoms with van der Waals surface area (Å²) in [5.74, 6) is 0.507. The standard InChI is InChI=1S/C6H14O/c1-4-5(2)6(3)7/h5-7H,4H2,1-3H3/i7D. The highest BCUT2D eigenvalue weighted by atomic mass is 16.3. The Morgan fingerprint density at radius 3 is 2.43 bits per heavy atom. The number of aliphatic hydroxyl groups is 1. The molecule has 44 valence electrons. The molecule has 2 unspecified atom stereocenters. The van der Waals surface area contributed by atoms with Crippen LogP contribution in [0.15, 0.2) is 0 Å². The second kappa shape index (κ2) is 3.03. The van der Waals surface area contributed by atoms with Crippen LogP contribution in [0.2, 0.25) is 0 Å². The Morgan fingerprint density at radius 1 is 1.71 bits per heavy atom. The van der Waals surface area contributed by atoms with Crippen LogP contribution in [0.5, 0.6) is 0 Å². The third-order valence-corrected chi connectivity index (χ3v) is 1.45.